The standard InChI is InChI=1S/C31H31ClF4N4O2S2.C8H7F5N2.CH3NO/c1-18(13-19-14-20(33)16-21(34)15-19)27-23(8-7-22(37-27)11-12-30(2,3)43(5)41)24-9-10-25(32)26-28(24)40(17-31(4,35)36)38-29(26)39-44(6)42;1-3-2-7(9,10)5-4(3)6(15-14-5)8(11,12)13;2-1-3/h7-10,14-16,18H,13,17H2,1-6H3,(H,38,39);3H,2H2,1H3,(H,14,15);1H,(H2,2,3)/t;3-;/m.0./s1. The van der Waals surface area contributed by atoms with E-state index >= 15 is 0 Å². The number of amides is 1. The van der Waals surface area contributed by atoms with Crippen LogP contribution in [0, 0.1) is 23.5 Å². The molecule has 0 spiro atoms. The van der Waals surface area contributed by atoms with Crippen molar-refractivity contribution >= 4 is 56.5 Å². The van der Waals surface area contributed by atoms with E-state index in [1.54, 1.807) is 49.5 Å². The molecule has 336 valence electrons. The average molecular weight is 938 g/mol. The van der Waals surface area contributed by atoms with Crippen LogP contribution in [0.3, 0.4) is 0 Å². The van der Waals surface area contributed by atoms with Crippen molar-refractivity contribution in [3.63, 3.8) is 0 Å². The van der Waals surface area contributed by atoms with Crippen LogP contribution in [0.15, 0.2) is 42.5 Å². The van der Waals surface area contributed by atoms with E-state index in [0.29, 0.717) is 33.5 Å². The molecule has 4 atom stereocenters. The maximum Gasteiger partial charge on any atom is 0.435 e. The third-order valence-corrected chi connectivity index (χ3v) is 11.7. The highest BCUT2D eigenvalue weighted by atomic mass is 35.5. The minimum atomic E-state index is -4.68. The van der Waals surface area contributed by atoms with Gasteiger partial charge in [-0.2, -0.15) is 32.1 Å². The molecule has 0 saturated carbocycles. The predicted molar refractivity (Wildman–Crippen MR) is 221 cm³/mol. The van der Waals surface area contributed by atoms with Crippen molar-refractivity contribution in [2.24, 2.45) is 5.73 Å². The Morgan fingerprint density at radius 1 is 1.05 bits per heavy atom. The highest BCUT2D eigenvalue weighted by molar-refractivity contribution is 7.86. The number of aromatic amines is 1. The number of primary amides is 1. The summed E-state index contributed by atoms with van der Waals surface area (Å²) < 4.78 is 147. The zero-order valence-electron chi connectivity index (χ0n) is 34.1. The van der Waals surface area contributed by atoms with Crippen molar-refractivity contribution in [3.8, 4) is 23.0 Å². The van der Waals surface area contributed by atoms with Crippen molar-refractivity contribution < 1.29 is 52.7 Å². The first-order chi connectivity index (χ1) is 28.6. The van der Waals surface area contributed by atoms with Crippen LogP contribution in [0.25, 0.3) is 22.0 Å². The van der Waals surface area contributed by atoms with Crippen LogP contribution < -0.4 is 10.5 Å². The predicted octanol–water partition coefficient (Wildman–Crippen LogP) is 9.37. The number of nitrogens with two attached hydrogens (primary N) is 1. The number of H-pyrrole nitrogens is 1. The molecule has 5 aromatic rings. The highest BCUT2D eigenvalue weighted by Gasteiger charge is 2.51. The normalized spacial score (nSPS) is 16.1. The maximum atomic E-state index is 14.4. The highest BCUT2D eigenvalue weighted by Crippen LogP contribution is 2.51. The van der Waals surface area contributed by atoms with Gasteiger partial charge in [-0.3, -0.25) is 23.5 Å². The van der Waals surface area contributed by atoms with Gasteiger partial charge >= 0.3 is 6.18 Å². The van der Waals surface area contributed by atoms with E-state index < -0.39 is 97.9 Å². The Morgan fingerprint density at radius 3 is 2.19 bits per heavy atom. The third kappa shape index (κ3) is 11.9. The molecule has 0 fully saturated rings. The van der Waals surface area contributed by atoms with E-state index in [2.05, 4.69) is 32.5 Å². The fourth-order valence-corrected chi connectivity index (χ4v) is 7.46. The van der Waals surface area contributed by atoms with Gasteiger partial charge in [-0.1, -0.05) is 37.4 Å². The lowest BCUT2D eigenvalue weighted by Gasteiger charge is -2.19. The lowest BCUT2D eigenvalue weighted by Crippen LogP contribution is -2.23. The third-order valence-electron chi connectivity index (χ3n) is 9.36. The van der Waals surface area contributed by atoms with Crippen LogP contribution in [0.2, 0.25) is 5.02 Å². The fourth-order valence-electron chi connectivity index (χ4n) is 6.61. The molecule has 3 heterocycles. The topological polar surface area (TPSA) is 149 Å². The molecule has 10 nitrogen and oxygen atoms in total. The number of carbonyl (C=O) groups is 1. The first-order valence-electron chi connectivity index (χ1n) is 18.3. The fraction of sp³-hybridized carbons (Fsp3) is 0.400. The first-order valence-corrected chi connectivity index (χ1v) is 21.8. The first kappa shape index (κ1) is 49.7. The number of pyridine rings is 1. The van der Waals surface area contributed by atoms with E-state index in [0.717, 1.165) is 17.7 Å². The van der Waals surface area contributed by atoms with Crippen LogP contribution in [-0.4, -0.2) is 63.0 Å². The molecule has 22 heteroatoms. The van der Waals surface area contributed by atoms with Gasteiger partial charge in [0.25, 0.3) is 11.8 Å². The van der Waals surface area contributed by atoms with Crippen molar-refractivity contribution in [1.82, 2.24) is 25.0 Å². The summed E-state index contributed by atoms with van der Waals surface area (Å²) in [5.74, 6) is -3.02. The number of aromatic nitrogens is 5. The number of fused-ring (bicyclic) bond motifs is 2. The van der Waals surface area contributed by atoms with Gasteiger partial charge in [-0.05, 0) is 68.0 Å². The minimum absolute atomic E-state index is 0.0759. The monoisotopic (exact) mass is 937 g/mol. The van der Waals surface area contributed by atoms with Crippen molar-refractivity contribution in [1.29, 1.82) is 0 Å². The molecule has 0 radical (unpaired) electrons. The number of nitrogens with zero attached hydrogens (tertiary/aromatic N) is 4. The quantitative estimate of drug-likeness (QED) is 0.0763. The molecule has 0 aliphatic heterocycles. The van der Waals surface area contributed by atoms with Crippen LogP contribution in [0.1, 0.15) is 86.8 Å². The van der Waals surface area contributed by atoms with Gasteiger partial charge in [0.1, 0.15) is 45.3 Å². The molecular weight excluding hydrogens is 897 g/mol. The number of hydrogen-bond donors (Lipinski definition) is 3. The minimum Gasteiger partial charge on any atom is -0.372 e. The molecule has 62 heavy (non-hydrogen) atoms. The maximum absolute atomic E-state index is 14.4. The van der Waals surface area contributed by atoms with E-state index in [1.165, 1.54) is 25.3 Å². The SMILES string of the molecule is CC(Cc1cc(F)cc(F)c1)c1nc(C#CC(C)(C)S(C)=O)ccc1-c1ccc(Cl)c2c(NS(C)=O)nn(CC(C)(F)F)c12.C[C@H]1CC(F)(F)c2[nH]nc(C(F)(F)F)c21.NC=O. The Bertz CT molecular complexity index is 2540. The summed E-state index contributed by atoms with van der Waals surface area (Å²) in [4.78, 5) is 13.4. The molecule has 3 unspecified atom stereocenters. The Morgan fingerprint density at radius 2 is 1.65 bits per heavy atom. The zero-order chi connectivity index (χ0) is 46.7. The Hall–Kier alpha value is -4.94. The Kier molecular flexibility index (Phi) is 15.4. The van der Waals surface area contributed by atoms with E-state index in [-0.39, 0.29) is 29.2 Å². The van der Waals surface area contributed by atoms with Crippen LogP contribution in [0.5, 0.6) is 0 Å². The van der Waals surface area contributed by atoms with Gasteiger partial charge in [0.15, 0.2) is 11.5 Å². The van der Waals surface area contributed by atoms with Gasteiger partial charge in [0.2, 0.25) is 6.41 Å². The van der Waals surface area contributed by atoms with E-state index in [4.69, 9.17) is 21.4 Å². The van der Waals surface area contributed by atoms with Crippen LogP contribution in [-0.2, 0) is 51.6 Å². The molecule has 1 aliphatic rings. The van der Waals surface area contributed by atoms with Crippen molar-refractivity contribution in [2.45, 2.75) is 88.6 Å². The molecular formula is C40H41ClF9N7O3S2. The molecule has 2 aromatic carbocycles. The van der Waals surface area contributed by atoms with Gasteiger partial charge in [0, 0.05) is 65.3 Å². The van der Waals surface area contributed by atoms with Gasteiger partial charge in [-0.25, -0.2) is 26.8 Å². The van der Waals surface area contributed by atoms with Crippen molar-refractivity contribution in [2.75, 3.05) is 17.2 Å². The van der Waals surface area contributed by atoms with Crippen LogP contribution in [0.4, 0.5) is 45.3 Å². The second-order valence-electron chi connectivity index (χ2n) is 15.0. The molecule has 0 saturated heterocycles. The summed E-state index contributed by atoms with van der Waals surface area (Å²) in [7, 11) is -2.82. The van der Waals surface area contributed by atoms with Gasteiger partial charge < -0.3 is 5.73 Å². The lowest BCUT2D eigenvalue weighted by atomic mass is 9.90. The summed E-state index contributed by atoms with van der Waals surface area (Å²) in [6.07, 6.45) is -1.90. The molecule has 1 aliphatic carbocycles. The van der Waals surface area contributed by atoms with Crippen molar-refractivity contribution in [3.05, 3.63) is 93.0 Å². The molecule has 4 N–H and O–H groups in total. The number of alkyl halides is 7. The summed E-state index contributed by atoms with van der Waals surface area (Å²) in [5, 5.41) is 9.53. The Balaban J connectivity index is 0.000000388. The summed E-state index contributed by atoms with van der Waals surface area (Å²) >= 11 is 6.55. The molecule has 0 bridgehead atoms. The van der Waals surface area contributed by atoms with E-state index in [9.17, 15) is 47.9 Å². The number of carbonyl (C=O) groups excluding carboxylic acids is 1. The second-order valence-corrected chi connectivity index (χ2v) is 18.4. The summed E-state index contributed by atoms with van der Waals surface area (Å²) in [6.45, 7) is 6.64. The number of hydrogen-bond acceptors (Lipinski definition) is 6. The zero-order valence-corrected chi connectivity index (χ0v) is 36.5. The summed E-state index contributed by atoms with van der Waals surface area (Å²) in [6, 6.07) is 9.91. The van der Waals surface area contributed by atoms with Gasteiger partial charge in [-0.15, -0.1) is 0 Å². The largest absolute Gasteiger partial charge is 0.435 e. The second kappa shape index (κ2) is 19.2. The number of nitrogens with one attached hydrogen (secondary N) is 2. The number of benzene rings is 2. The van der Waals surface area contributed by atoms with Gasteiger partial charge in [0.05, 0.1) is 21.6 Å². The molecule has 1 amide bonds. The number of halogens is 10. The Labute approximate surface area is 360 Å². The van der Waals surface area contributed by atoms with Crippen LogP contribution >= 0.6 is 11.6 Å². The lowest BCUT2D eigenvalue weighted by molar-refractivity contribution is -0.142. The smallest absolute Gasteiger partial charge is 0.372 e. The summed E-state index contributed by atoms with van der Waals surface area (Å²) in [5.41, 5.74) is 4.36. The average Bonchev–Trinajstić information content (AvgIpc) is 3.80. The molecule has 3 aromatic heterocycles. The van der Waals surface area contributed by atoms with E-state index in [1.807, 2.05) is 6.92 Å². The number of rotatable bonds is 9. The molecule has 6 rings (SSSR count). The number of anilines is 1.